The summed E-state index contributed by atoms with van der Waals surface area (Å²) < 4.78 is 29.4. The van der Waals surface area contributed by atoms with Gasteiger partial charge in [-0.25, -0.2) is 0 Å². The van der Waals surface area contributed by atoms with Crippen molar-refractivity contribution in [2.75, 3.05) is 5.73 Å². The van der Waals surface area contributed by atoms with Crippen LogP contribution in [0.25, 0.3) is 0 Å². The van der Waals surface area contributed by atoms with Gasteiger partial charge in [0, 0.05) is 5.69 Å². The minimum atomic E-state index is -4.08. The zero-order valence-electron chi connectivity index (χ0n) is 5.56. The van der Waals surface area contributed by atoms with Gasteiger partial charge in [-0.05, 0) is 24.3 Å². The van der Waals surface area contributed by atoms with E-state index in [1.807, 2.05) is 0 Å². The molecule has 0 fully saturated rings. The van der Waals surface area contributed by atoms with Crippen LogP contribution in [-0.4, -0.2) is 93.9 Å². The molecule has 0 bridgehead atoms. The zero-order valence-corrected chi connectivity index (χ0v) is 6.38. The molecule has 0 aliphatic heterocycles. The van der Waals surface area contributed by atoms with Gasteiger partial charge in [0.2, 0.25) is 0 Å². The average Bonchev–Trinajstić information content (AvgIpc) is 1.86. The van der Waals surface area contributed by atoms with Gasteiger partial charge in [0.15, 0.2) is 0 Å². The van der Waals surface area contributed by atoms with E-state index in [1.54, 1.807) is 0 Å². The third kappa shape index (κ3) is 5.88. The van der Waals surface area contributed by atoms with E-state index in [0.29, 0.717) is 5.69 Å². The summed E-state index contributed by atoms with van der Waals surface area (Å²) in [5, 5.41) is 0. The van der Waals surface area contributed by atoms with Crippen LogP contribution in [0.3, 0.4) is 0 Å². The van der Waals surface area contributed by atoms with Crippen molar-refractivity contribution >= 4 is 96.7 Å². The predicted molar refractivity (Wildman–Crippen MR) is 55.0 cm³/mol. The van der Waals surface area contributed by atoms with Crippen LogP contribution in [0.15, 0.2) is 29.2 Å². The van der Waals surface area contributed by atoms with Crippen molar-refractivity contribution < 1.29 is 13.0 Å². The number of hydrogen-bond acceptors (Lipinski definition) is 3. The molecular formula is C6H9KNNaO3S. The minimum absolute atomic E-state index is 0. The molecule has 0 saturated heterocycles. The molecule has 0 spiro atoms. The first kappa shape index (κ1) is 17.0. The summed E-state index contributed by atoms with van der Waals surface area (Å²) in [5.41, 5.74) is 5.75. The van der Waals surface area contributed by atoms with E-state index in [2.05, 4.69) is 0 Å². The maximum atomic E-state index is 10.5. The van der Waals surface area contributed by atoms with Gasteiger partial charge in [0.1, 0.15) is 0 Å². The third-order valence-electron chi connectivity index (χ3n) is 1.18. The Morgan fingerprint density at radius 1 is 1.15 bits per heavy atom. The molecule has 0 radical (unpaired) electrons. The van der Waals surface area contributed by atoms with Crippen LogP contribution in [0.4, 0.5) is 5.69 Å². The molecule has 7 heteroatoms. The van der Waals surface area contributed by atoms with Crippen LogP contribution in [0, 0.1) is 0 Å². The predicted octanol–water partition coefficient (Wildman–Crippen LogP) is -0.782. The molecule has 0 atom stereocenters. The Balaban J connectivity index is 0. The standard InChI is InChI=1S/C6H7NO3S.K.Na.2H/c7-5-1-3-6(4-2-5)11(8,9)10;;;;/h1-4H,7H2,(H,8,9,10);;;;. The number of nitrogens with two attached hydrogens (primary N) is 1. The van der Waals surface area contributed by atoms with Gasteiger partial charge in [0.25, 0.3) is 10.1 Å². The van der Waals surface area contributed by atoms with Crippen molar-refractivity contribution in [1.82, 2.24) is 0 Å². The van der Waals surface area contributed by atoms with Gasteiger partial charge in [-0.1, -0.05) is 0 Å². The average molecular weight is 237 g/mol. The zero-order chi connectivity index (χ0) is 8.48. The van der Waals surface area contributed by atoms with Crippen molar-refractivity contribution in [3.63, 3.8) is 0 Å². The fraction of sp³-hybridized carbons (Fsp3) is 0. The molecule has 1 aromatic carbocycles. The second-order valence-corrected chi connectivity index (χ2v) is 3.47. The van der Waals surface area contributed by atoms with Gasteiger partial charge in [-0.2, -0.15) is 8.42 Å². The summed E-state index contributed by atoms with van der Waals surface area (Å²) in [6.07, 6.45) is 0. The molecule has 13 heavy (non-hydrogen) atoms. The monoisotopic (exact) mass is 237 g/mol. The first-order valence-corrected chi connectivity index (χ1v) is 4.27. The van der Waals surface area contributed by atoms with E-state index >= 15 is 0 Å². The molecule has 4 nitrogen and oxygen atoms in total. The van der Waals surface area contributed by atoms with E-state index < -0.39 is 10.1 Å². The van der Waals surface area contributed by atoms with Gasteiger partial charge >= 0.3 is 80.9 Å². The molecule has 0 unspecified atom stereocenters. The van der Waals surface area contributed by atoms with E-state index in [-0.39, 0.29) is 85.8 Å². The summed E-state index contributed by atoms with van der Waals surface area (Å²) in [7, 11) is -4.08. The van der Waals surface area contributed by atoms with Gasteiger partial charge in [-0.15, -0.1) is 0 Å². The normalized spacial score (nSPS) is 9.62. The van der Waals surface area contributed by atoms with Crippen molar-refractivity contribution in [3.05, 3.63) is 24.3 Å². The van der Waals surface area contributed by atoms with Crippen molar-refractivity contribution in [2.24, 2.45) is 0 Å². The third-order valence-corrected chi connectivity index (χ3v) is 2.05. The van der Waals surface area contributed by atoms with Crippen LogP contribution in [0.2, 0.25) is 0 Å². The summed E-state index contributed by atoms with van der Waals surface area (Å²) in [6.45, 7) is 0. The fourth-order valence-corrected chi connectivity index (χ4v) is 1.12. The molecule has 0 amide bonds. The molecule has 0 aromatic heterocycles. The van der Waals surface area contributed by atoms with Crippen LogP contribution in [0.1, 0.15) is 0 Å². The number of rotatable bonds is 1. The van der Waals surface area contributed by atoms with Gasteiger partial charge < -0.3 is 5.73 Å². The first-order valence-electron chi connectivity index (χ1n) is 2.83. The number of benzene rings is 1. The Labute approximate surface area is 142 Å². The van der Waals surface area contributed by atoms with Crippen molar-refractivity contribution in [3.8, 4) is 0 Å². The van der Waals surface area contributed by atoms with E-state index in [4.69, 9.17) is 10.3 Å². The molecule has 3 N–H and O–H groups in total. The Kier molecular flexibility index (Phi) is 9.07. The Hall–Kier alpha value is 1.57. The summed E-state index contributed by atoms with van der Waals surface area (Å²) in [5.74, 6) is 0. The first-order chi connectivity index (χ1) is 5.00. The maximum absolute atomic E-state index is 10.5. The van der Waals surface area contributed by atoms with E-state index in [1.165, 1.54) is 24.3 Å². The quantitative estimate of drug-likeness (QED) is 0.381. The molecule has 0 aliphatic carbocycles. The van der Waals surface area contributed by atoms with Crippen molar-refractivity contribution in [2.45, 2.75) is 4.90 Å². The Morgan fingerprint density at radius 2 is 1.54 bits per heavy atom. The SMILES string of the molecule is Nc1ccc(S(=O)(=O)O)cc1.[KH].[NaH]. The Morgan fingerprint density at radius 3 is 1.85 bits per heavy atom. The summed E-state index contributed by atoms with van der Waals surface area (Å²) in [4.78, 5) is -0.147. The molecular weight excluding hydrogens is 228 g/mol. The van der Waals surface area contributed by atoms with Gasteiger partial charge in [0.05, 0.1) is 4.90 Å². The molecule has 0 aliphatic rings. The van der Waals surface area contributed by atoms with Crippen LogP contribution in [-0.2, 0) is 10.1 Å². The molecule has 1 aromatic rings. The molecule has 0 saturated carbocycles. The summed E-state index contributed by atoms with van der Waals surface area (Å²) >= 11 is 0. The molecule has 64 valence electrons. The number of nitrogen functional groups attached to an aromatic ring is 1. The second-order valence-electron chi connectivity index (χ2n) is 2.04. The number of anilines is 1. The second kappa shape index (κ2) is 6.94. The van der Waals surface area contributed by atoms with Crippen molar-refractivity contribution in [1.29, 1.82) is 0 Å². The van der Waals surface area contributed by atoms with Gasteiger partial charge in [-0.3, -0.25) is 4.55 Å². The fourth-order valence-electron chi connectivity index (χ4n) is 0.640. The topological polar surface area (TPSA) is 80.4 Å². The summed E-state index contributed by atoms with van der Waals surface area (Å²) in [6, 6.07) is 5.29. The number of hydrogen-bond donors (Lipinski definition) is 2. The van der Waals surface area contributed by atoms with E-state index in [9.17, 15) is 8.42 Å². The molecule has 1 rings (SSSR count). The van der Waals surface area contributed by atoms with Crippen LogP contribution in [0.5, 0.6) is 0 Å². The van der Waals surface area contributed by atoms with Crippen LogP contribution < -0.4 is 5.73 Å². The molecule has 0 heterocycles. The Bertz CT molecular complexity index is 351. The van der Waals surface area contributed by atoms with Crippen LogP contribution >= 0.6 is 0 Å². The van der Waals surface area contributed by atoms with E-state index in [0.717, 1.165) is 0 Å².